The summed E-state index contributed by atoms with van der Waals surface area (Å²) in [6.45, 7) is 4.46. The van der Waals surface area contributed by atoms with Crippen LogP contribution in [-0.4, -0.2) is 69.2 Å². The van der Waals surface area contributed by atoms with Crippen LogP contribution in [0.3, 0.4) is 0 Å². The Morgan fingerprint density at radius 3 is 2.91 bits per heavy atom. The van der Waals surface area contributed by atoms with Gasteiger partial charge in [0, 0.05) is 44.5 Å². The molecule has 4 heterocycles. The molecule has 0 bridgehead atoms. The molecule has 0 aliphatic heterocycles. The molecule has 0 aliphatic rings. The second-order valence-electron chi connectivity index (χ2n) is 7.87. The Morgan fingerprint density at radius 2 is 2.14 bits per heavy atom. The SMILES string of the molecule is CCN(CCOC)c1nccc2oc(-c3cnc4ccc(OCCCS(C)(=O)=NC#N)nn34)cc12. The molecule has 1 unspecified atom stereocenters. The van der Waals surface area contributed by atoms with Crippen molar-refractivity contribution in [3.8, 4) is 23.5 Å². The fourth-order valence-corrected chi connectivity index (χ4v) is 4.60. The van der Waals surface area contributed by atoms with Crippen molar-refractivity contribution < 1.29 is 18.1 Å². The first-order valence-electron chi connectivity index (χ1n) is 11.1. The number of rotatable bonds is 11. The normalized spacial score (nSPS) is 13.0. The van der Waals surface area contributed by atoms with E-state index in [2.05, 4.69) is 31.3 Å². The highest BCUT2D eigenvalue weighted by atomic mass is 32.2. The molecule has 0 fully saturated rings. The Hall–Kier alpha value is -3.69. The van der Waals surface area contributed by atoms with Crippen LogP contribution in [0.4, 0.5) is 5.82 Å². The number of anilines is 1. The fourth-order valence-electron chi connectivity index (χ4n) is 3.68. The maximum atomic E-state index is 12.1. The first-order valence-corrected chi connectivity index (χ1v) is 13.2. The van der Waals surface area contributed by atoms with E-state index in [0.717, 1.165) is 24.3 Å². The molecule has 4 aromatic rings. The number of furan rings is 1. The van der Waals surface area contributed by atoms with Gasteiger partial charge in [-0.3, -0.25) is 0 Å². The zero-order valence-corrected chi connectivity index (χ0v) is 20.7. The Bertz CT molecular complexity index is 1480. The van der Waals surface area contributed by atoms with Crippen LogP contribution in [0, 0.1) is 11.5 Å². The highest BCUT2D eigenvalue weighted by Gasteiger charge is 2.18. The van der Waals surface area contributed by atoms with Gasteiger partial charge in [0.1, 0.15) is 17.1 Å². The summed E-state index contributed by atoms with van der Waals surface area (Å²) in [6.07, 6.45) is 6.98. The van der Waals surface area contributed by atoms with E-state index in [0.29, 0.717) is 48.2 Å². The second kappa shape index (κ2) is 10.7. The molecular formula is C23H27N7O4S. The number of aromatic nitrogens is 4. The molecule has 0 aliphatic carbocycles. The van der Waals surface area contributed by atoms with Crippen LogP contribution in [0.25, 0.3) is 28.1 Å². The van der Waals surface area contributed by atoms with E-state index in [1.54, 1.807) is 42.3 Å². The van der Waals surface area contributed by atoms with Gasteiger partial charge in [-0.05, 0) is 31.5 Å². The summed E-state index contributed by atoms with van der Waals surface area (Å²) in [6, 6.07) is 7.31. The van der Waals surface area contributed by atoms with Gasteiger partial charge in [-0.1, -0.05) is 0 Å². The minimum absolute atomic E-state index is 0.271. The van der Waals surface area contributed by atoms with Crippen LogP contribution in [-0.2, 0) is 14.5 Å². The molecule has 0 spiro atoms. The molecule has 35 heavy (non-hydrogen) atoms. The Morgan fingerprint density at radius 1 is 1.29 bits per heavy atom. The highest BCUT2D eigenvalue weighted by molar-refractivity contribution is 7.92. The molecule has 0 aromatic carbocycles. The van der Waals surface area contributed by atoms with Crippen LogP contribution >= 0.6 is 0 Å². The molecule has 12 heteroatoms. The van der Waals surface area contributed by atoms with E-state index >= 15 is 0 Å². The molecule has 0 saturated heterocycles. The molecule has 0 radical (unpaired) electrons. The predicted molar refractivity (Wildman–Crippen MR) is 133 cm³/mol. The van der Waals surface area contributed by atoms with Gasteiger partial charge in [0.2, 0.25) is 12.1 Å². The number of hydrogen-bond donors (Lipinski definition) is 0. The van der Waals surface area contributed by atoms with Crippen molar-refractivity contribution in [3.05, 3.63) is 36.7 Å². The van der Waals surface area contributed by atoms with E-state index < -0.39 is 9.73 Å². The molecule has 11 nitrogen and oxygen atoms in total. The Labute approximate surface area is 203 Å². The second-order valence-corrected chi connectivity index (χ2v) is 10.4. The van der Waals surface area contributed by atoms with Gasteiger partial charge in [-0.25, -0.2) is 18.7 Å². The van der Waals surface area contributed by atoms with Gasteiger partial charge in [0.25, 0.3) is 0 Å². The molecule has 184 valence electrons. The molecular weight excluding hydrogens is 470 g/mol. The quantitative estimate of drug-likeness (QED) is 0.226. The van der Waals surface area contributed by atoms with Crippen molar-refractivity contribution in [2.75, 3.05) is 50.3 Å². The maximum Gasteiger partial charge on any atom is 0.231 e. The van der Waals surface area contributed by atoms with Gasteiger partial charge >= 0.3 is 0 Å². The van der Waals surface area contributed by atoms with Gasteiger partial charge < -0.3 is 18.8 Å². The average molecular weight is 498 g/mol. The fraction of sp³-hybridized carbons (Fsp3) is 0.391. The maximum absolute atomic E-state index is 12.1. The number of ether oxygens (including phenoxy) is 2. The number of hydrogen-bond acceptors (Lipinski definition) is 10. The van der Waals surface area contributed by atoms with Crippen LogP contribution in [0.5, 0.6) is 5.88 Å². The van der Waals surface area contributed by atoms with Gasteiger partial charge in [0.15, 0.2) is 11.4 Å². The summed E-state index contributed by atoms with van der Waals surface area (Å²) in [4.78, 5) is 11.2. The smallest absolute Gasteiger partial charge is 0.231 e. The summed E-state index contributed by atoms with van der Waals surface area (Å²) in [5.41, 5.74) is 2.04. The van der Waals surface area contributed by atoms with Gasteiger partial charge in [-0.2, -0.15) is 5.26 Å². The van der Waals surface area contributed by atoms with Crippen molar-refractivity contribution in [2.45, 2.75) is 13.3 Å². The standard InChI is InChI=1S/C23H27N7O4S/c1-4-29(10-12-32-2)23-17-14-20(34-19(17)8-9-25-23)18-15-26-21-6-7-22(28-30(18)21)33-11-5-13-35(3,31)27-16-24/h6-9,14-15H,4-5,10-13H2,1-3H3. The Balaban J connectivity index is 1.59. The first-order chi connectivity index (χ1) is 17.0. The van der Waals surface area contributed by atoms with Crippen molar-refractivity contribution >= 4 is 32.2 Å². The monoisotopic (exact) mass is 497 g/mol. The lowest BCUT2D eigenvalue weighted by molar-refractivity contribution is 0.205. The largest absolute Gasteiger partial charge is 0.477 e. The molecule has 0 N–H and O–H groups in total. The van der Waals surface area contributed by atoms with Crippen molar-refractivity contribution in [3.63, 3.8) is 0 Å². The summed E-state index contributed by atoms with van der Waals surface area (Å²) < 4.78 is 34.3. The third-order valence-electron chi connectivity index (χ3n) is 5.41. The molecule has 4 aromatic heterocycles. The van der Waals surface area contributed by atoms with Crippen molar-refractivity contribution in [1.29, 1.82) is 5.26 Å². The first kappa shape index (κ1) is 24.4. The van der Waals surface area contributed by atoms with Crippen LogP contribution in [0.2, 0.25) is 0 Å². The zero-order chi connectivity index (χ0) is 24.8. The minimum atomic E-state index is -2.51. The lowest BCUT2D eigenvalue weighted by atomic mass is 10.2. The number of fused-ring (bicyclic) bond motifs is 2. The molecule has 1 atom stereocenters. The van der Waals surface area contributed by atoms with E-state index in [1.165, 1.54) is 6.26 Å². The van der Waals surface area contributed by atoms with E-state index in [-0.39, 0.29) is 5.75 Å². The zero-order valence-electron chi connectivity index (χ0n) is 19.9. The topological polar surface area (TPSA) is 131 Å². The number of nitriles is 1. The summed E-state index contributed by atoms with van der Waals surface area (Å²) in [5, 5.41) is 14.1. The van der Waals surface area contributed by atoms with Crippen LogP contribution in [0.1, 0.15) is 13.3 Å². The highest BCUT2D eigenvalue weighted by Crippen LogP contribution is 2.33. The lowest BCUT2D eigenvalue weighted by Crippen LogP contribution is -2.27. The van der Waals surface area contributed by atoms with Crippen LogP contribution in [0.15, 0.2) is 45.4 Å². The molecule has 0 saturated carbocycles. The average Bonchev–Trinajstić information content (AvgIpc) is 3.46. The molecule has 4 rings (SSSR count). The van der Waals surface area contributed by atoms with Gasteiger partial charge in [0.05, 0.1) is 34.5 Å². The van der Waals surface area contributed by atoms with Crippen LogP contribution < -0.4 is 9.64 Å². The minimum Gasteiger partial charge on any atom is -0.477 e. The number of methoxy groups -OCH3 is 1. The van der Waals surface area contributed by atoms with E-state index in [4.69, 9.17) is 19.2 Å². The lowest BCUT2D eigenvalue weighted by Gasteiger charge is -2.21. The predicted octanol–water partition coefficient (Wildman–Crippen LogP) is 3.36. The summed E-state index contributed by atoms with van der Waals surface area (Å²) in [5.74, 6) is 2.11. The van der Waals surface area contributed by atoms with E-state index in [1.807, 2.05) is 12.1 Å². The third kappa shape index (κ3) is 5.52. The third-order valence-corrected chi connectivity index (χ3v) is 6.93. The number of nitrogens with zero attached hydrogens (tertiary/aromatic N) is 7. The molecule has 0 amide bonds. The number of pyridine rings is 1. The summed E-state index contributed by atoms with van der Waals surface area (Å²) in [7, 11) is -0.834. The summed E-state index contributed by atoms with van der Waals surface area (Å²) >= 11 is 0. The number of likely N-dealkylation sites (N-methyl/N-ethyl adjacent to an activating group) is 1. The number of imidazole rings is 1. The van der Waals surface area contributed by atoms with E-state index in [9.17, 15) is 4.21 Å². The van der Waals surface area contributed by atoms with Crippen molar-refractivity contribution in [2.24, 2.45) is 4.36 Å². The van der Waals surface area contributed by atoms with Gasteiger partial charge in [-0.15, -0.1) is 9.46 Å². The Kier molecular flexibility index (Phi) is 7.48. The van der Waals surface area contributed by atoms with Crippen molar-refractivity contribution in [1.82, 2.24) is 19.6 Å².